The monoisotopic (exact) mass is 273 g/mol. The van der Waals surface area contributed by atoms with E-state index in [9.17, 15) is 9.70 Å². The summed E-state index contributed by atoms with van der Waals surface area (Å²) in [5, 5.41) is 5.58. The molecule has 0 fully saturated rings. The normalized spacial score (nSPS) is 10.2. The predicted octanol–water partition coefficient (Wildman–Crippen LogP) is 1.79. The van der Waals surface area contributed by atoms with Gasteiger partial charge in [-0.05, 0) is 23.6 Å². The zero-order valence-corrected chi connectivity index (χ0v) is 10.8. The number of nitroso groups, excluding NO2 is 1. The van der Waals surface area contributed by atoms with Crippen LogP contribution >= 0.6 is 0 Å². The number of hydrogen-bond donors (Lipinski definition) is 3. The number of nitrogens with two attached hydrogens (primary N) is 1. The Balaban J connectivity index is 1.94. The summed E-state index contributed by atoms with van der Waals surface area (Å²) < 4.78 is 0. The van der Waals surface area contributed by atoms with Gasteiger partial charge in [-0.1, -0.05) is 30.3 Å². The van der Waals surface area contributed by atoms with Gasteiger partial charge in [0.15, 0.2) is 5.82 Å². The Kier molecular flexibility index (Phi) is 4.43. The average Bonchev–Trinajstić information content (AvgIpc) is 2.44. The first kappa shape index (κ1) is 13.7. The third kappa shape index (κ3) is 3.41. The molecule has 7 nitrogen and oxygen atoms in total. The first-order chi connectivity index (χ1) is 9.70. The van der Waals surface area contributed by atoms with Gasteiger partial charge in [-0.3, -0.25) is 9.78 Å². The van der Waals surface area contributed by atoms with Gasteiger partial charge in [0.1, 0.15) is 0 Å². The number of rotatable bonds is 6. The number of nitrogen functional groups attached to an aromatic ring is 1. The molecule has 20 heavy (non-hydrogen) atoms. The van der Waals surface area contributed by atoms with Crippen LogP contribution in [-0.4, -0.2) is 16.5 Å². The van der Waals surface area contributed by atoms with Crippen molar-refractivity contribution in [2.45, 2.75) is 12.8 Å². The van der Waals surface area contributed by atoms with Gasteiger partial charge in [0.2, 0.25) is 11.6 Å². The number of aromatic nitrogens is 2. The first-order valence-corrected chi connectivity index (χ1v) is 6.21. The topological polar surface area (TPSA) is 113 Å². The van der Waals surface area contributed by atoms with Gasteiger partial charge in [0.25, 0.3) is 5.56 Å². The van der Waals surface area contributed by atoms with Crippen molar-refractivity contribution in [3.63, 3.8) is 0 Å². The van der Waals surface area contributed by atoms with E-state index in [0.29, 0.717) is 6.54 Å². The molecule has 0 radical (unpaired) electrons. The van der Waals surface area contributed by atoms with Gasteiger partial charge < -0.3 is 11.1 Å². The number of aromatic amines is 1. The molecule has 1 heterocycles. The largest absolute Gasteiger partial charge is 0.369 e. The molecule has 0 saturated carbocycles. The van der Waals surface area contributed by atoms with Crippen molar-refractivity contribution in [3.05, 3.63) is 51.2 Å². The third-order valence-electron chi connectivity index (χ3n) is 2.78. The SMILES string of the molecule is Nc1nc(NCCCc2ccccc2)c(N=O)c(=O)[nH]1. The molecule has 0 bridgehead atoms. The zero-order chi connectivity index (χ0) is 14.4. The molecule has 0 spiro atoms. The molecule has 0 saturated heterocycles. The quantitative estimate of drug-likeness (QED) is 0.548. The lowest BCUT2D eigenvalue weighted by Gasteiger charge is -2.07. The highest BCUT2D eigenvalue weighted by Gasteiger charge is 2.10. The van der Waals surface area contributed by atoms with Crippen LogP contribution in [0.25, 0.3) is 0 Å². The highest BCUT2D eigenvalue weighted by Crippen LogP contribution is 2.17. The van der Waals surface area contributed by atoms with Crippen molar-refractivity contribution >= 4 is 17.5 Å². The Labute approximate surface area is 115 Å². The van der Waals surface area contributed by atoms with Crippen LogP contribution in [0.5, 0.6) is 0 Å². The van der Waals surface area contributed by atoms with Crippen molar-refractivity contribution in [1.29, 1.82) is 0 Å². The summed E-state index contributed by atoms with van der Waals surface area (Å²) in [4.78, 5) is 28.1. The molecule has 0 unspecified atom stereocenters. The lowest BCUT2D eigenvalue weighted by atomic mass is 10.1. The van der Waals surface area contributed by atoms with Crippen LogP contribution < -0.4 is 16.6 Å². The Hall–Kier alpha value is -2.70. The molecule has 0 atom stereocenters. The second-order valence-corrected chi connectivity index (χ2v) is 4.26. The maximum atomic E-state index is 11.4. The summed E-state index contributed by atoms with van der Waals surface area (Å²) in [5.41, 5.74) is 5.73. The van der Waals surface area contributed by atoms with Crippen LogP contribution in [0, 0.1) is 4.91 Å². The number of nitrogens with zero attached hydrogens (tertiary/aromatic N) is 2. The van der Waals surface area contributed by atoms with Crippen molar-refractivity contribution in [3.8, 4) is 0 Å². The minimum absolute atomic E-state index is 0.0482. The summed E-state index contributed by atoms with van der Waals surface area (Å²) >= 11 is 0. The number of nitrogens with one attached hydrogen (secondary N) is 2. The van der Waals surface area contributed by atoms with E-state index < -0.39 is 5.56 Å². The molecule has 1 aromatic heterocycles. The standard InChI is InChI=1S/C13H15N5O2/c14-13-16-11(10(18-20)12(19)17-13)15-8-4-7-9-5-2-1-3-6-9/h1-3,5-6H,4,7-8H2,(H4,14,15,16,17,19). The molecule has 2 rings (SSSR count). The number of anilines is 2. The van der Waals surface area contributed by atoms with Crippen molar-refractivity contribution < 1.29 is 0 Å². The summed E-state index contributed by atoms with van der Waals surface area (Å²) in [6.07, 6.45) is 1.72. The fraction of sp³-hybridized carbons (Fsp3) is 0.231. The fourth-order valence-electron chi connectivity index (χ4n) is 1.84. The summed E-state index contributed by atoms with van der Waals surface area (Å²) in [5.74, 6) is 0.0715. The Morgan fingerprint density at radius 1 is 1.30 bits per heavy atom. The lowest BCUT2D eigenvalue weighted by molar-refractivity contribution is 0.858. The van der Waals surface area contributed by atoms with Gasteiger partial charge in [-0.15, -0.1) is 4.91 Å². The van der Waals surface area contributed by atoms with E-state index in [1.807, 2.05) is 30.3 Å². The minimum atomic E-state index is -0.641. The molecular weight excluding hydrogens is 258 g/mol. The third-order valence-corrected chi connectivity index (χ3v) is 2.78. The molecular formula is C13H15N5O2. The summed E-state index contributed by atoms with van der Waals surface area (Å²) in [6, 6.07) is 10.0. The fourth-order valence-corrected chi connectivity index (χ4v) is 1.84. The predicted molar refractivity (Wildman–Crippen MR) is 78.0 cm³/mol. The smallest absolute Gasteiger partial charge is 0.284 e. The van der Waals surface area contributed by atoms with Gasteiger partial charge in [-0.25, -0.2) is 0 Å². The van der Waals surface area contributed by atoms with E-state index in [4.69, 9.17) is 5.73 Å². The van der Waals surface area contributed by atoms with Crippen molar-refractivity contribution in [2.24, 2.45) is 5.18 Å². The van der Waals surface area contributed by atoms with E-state index in [0.717, 1.165) is 12.8 Å². The van der Waals surface area contributed by atoms with Crippen molar-refractivity contribution in [2.75, 3.05) is 17.6 Å². The van der Waals surface area contributed by atoms with E-state index in [-0.39, 0.29) is 17.5 Å². The van der Waals surface area contributed by atoms with Crippen molar-refractivity contribution in [1.82, 2.24) is 9.97 Å². The Morgan fingerprint density at radius 2 is 2.05 bits per heavy atom. The maximum Gasteiger partial charge on any atom is 0.284 e. The molecule has 0 aliphatic carbocycles. The van der Waals surface area contributed by atoms with Crippen LogP contribution in [0.2, 0.25) is 0 Å². The van der Waals surface area contributed by atoms with Gasteiger partial charge in [-0.2, -0.15) is 4.98 Å². The maximum absolute atomic E-state index is 11.4. The van der Waals surface area contributed by atoms with Gasteiger partial charge in [0.05, 0.1) is 0 Å². The Morgan fingerprint density at radius 3 is 2.75 bits per heavy atom. The first-order valence-electron chi connectivity index (χ1n) is 6.21. The number of benzene rings is 1. The number of H-pyrrole nitrogens is 1. The molecule has 2 aromatic rings. The van der Waals surface area contributed by atoms with E-state index >= 15 is 0 Å². The van der Waals surface area contributed by atoms with Crippen LogP contribution in [0.4, 0.5) is 17.5 Å². The second kappa shape index (κ2) is 6.46. The average molecular weight is 273 g/mol. The van der Waals surface area contributed by atoms with Gasteiger partial charge >= 0.3 is 0 Å². The summed E-state index contributed by atoms with van der Waals surface area (Å²) in [7, 11) is 0. The second-order valence-electron chi connectivity index (χ2n) is 4.26. The van der Waals surface area contributed by atoms with E-state index in [1.54, 1.807) is 0 Å². The summed E-state index contributed by atoms with van der Waals surface area (Å²) in [6.45, 7) is 0.563. The molecule has 104 valence electrons. The number of hydrogen-bond acceptors (Lipinski definition) is 6. The molecule has 0 amide bonds. The number of aryl methyl sites for hydroxylation is 1. The minimum Gasteiger partial charge on any atom is -0.369 e. The highest BCUT2D eigenvalue weighted by atomic mass is 16.3. The molecule has 7 heteroatoms. The van der Waals surface area contributed by atoms with Crippen LogP contribution in [0.15, 0.2) is 40.3 Å². The van der Waals surface area contributed by atoms with Gasteiger partial charge in [0, 0.05) is 6.54 Å². The Bertz CT molecular complexity index is 639. The van der Waals surface area contributed by atoms with E-state index in [2.05, 4.69) is 20.5 Å². The van der Waals surface area contributed by atoms with Crippen LogP contribution in [0.1, 0.15) is 12.0 Å². The molecule has 0 aliphatic rings. The van der Waals surface area contributed by atoms with Crippen LogP contribution in [-0.2, 0) is 6.42 Å². The zero-order valence-electron chi connectivity index (χ0n) is 10.8. The molecule has 0 aliphatic heterocycles. The van der Waals surface area contributed by atoms with Crippen LogP contribution in [0.3, 0.4) is 0 Å². The lowest BCUT2D eigenvalue weighted by Crippen LogP contribution is -2.15. The molecule has 4 N–H and O–H groups in total. The highest BCUT2D eigenvalue weighted by molar-refractivity contribution is 5.60. The molecule has 1 aromatic carbocycles. The van der Waals surface area contributed by atoms with E-state index in [1.165, 1.54) is 5.56 Å².